The van der Waals surface area contributed by atoms with Gasteiger partial charge in [0.1, 0.15) is 5.82 Å². The minimum absolute atomic E-state index is 0.265. The van der Waals surface area contributed by atoms with Crippen LogP contribution in [0.25, 0.3) is 0 Å². The molecule has 1 saturated heterocycles. The predicted molar refractivity (Wildman–Crippen MR) is 141 cm³/mol. The number of anilines is 3. The molecule has 2 heterocycles. The first kappa shape index (κ1) is 23.8. The van der Waals surface area contributed by atoms with E-state index in [9.17, 15) is 4.79 Å². The summed E-state index contributed by atoms with van der Waals surface area (Å²) in [5, 5.41) is 5.79. The second-order valence-corrected chi connectivity index (χ2v) is 9.46. The highest BCUT2D eigenvalue weighted by Crippen LogP contribution is 2.20. The van der Waals surface area contributed by atoms with Gasteiger partial charge in [0.2, 0.25) is 0 Å². The van der Waals surface area contributed by atoms with E-state index < -0.39 is 0 Å². The number of nitrogens with one attached hydrogen (secondary N) is 2. The summed E-state index contributed by atoms with van der Waals surface area (Å²) in [7, 11) is 0. The molecule has 6 heteroatoms. The lowest BCUT2D eigenvalue weighted by Crippen LogP contribution is -2.46. The number of piperazine rings is 1. The number of urea groups is 1. The van der Waals surface area contributed by atoms with E-state index in [1.165, 1.54) is 11.1 Å². The van der Waals surface area contributed by atoms with Crippen LogP contribution in [0.5, 0.6) is 0 Å². The molecule has 0 radical (unpaired) electrons. The summed E-state index contributed by atoms with van der Waals surface area (Å²) in [5.41, 5.74) is 6.38. The van der Waals surface area contributed by atoms with Crippen LogP contribution in [0, 0.1) is 13.8 Å². The Kier molecular flexibility index (Phi) is 7.48. The van der Waals surface area contributed by atoms with E-state index in [-0.39, 0.29) is 6.03 Å². The molecule has 2 N–H and O–H groups in total. The summed E-state index contributed by atoms with van der Waals surface area (Å²) in [4.78, 5) is 21.8. The molecule has 1 aliphatic heterocycles. The first-order valence-electron chi connectivity index (χ1n) is 12.0. The van der Waals surface area contributed by atoms with Crippen LogP contribution in [0.1, 0.15) is 42.0 Å². The van der Waals surface area contributed by atoms with Crippen molar-refractivity contribution < 1.29 is 4.79 Å². The Morgan fingerprint density at radius 1 is 0.941 bits per heavy atom. The van der Waals surface area contributed by atoms with Gasteiger partial charge in [0, 0.05) is 38.4 Å². The fourth-order valence-corrected chi connectivity index (χ4v) is 4.20. The number of pyridine rings is 1. The molecule has 0 unspecified atom stereocenters. The van der Waals surface area contributed by atoms with E-state index in [0.29, 0.717) is 11.6 Å². The Morgan fingerprint density at radius 2 is 1.68 bits per heavy atom. The molecule has 4 rings (SSSR count). The van der Waals surface area contributed by atoms with Crippen molar-refractivity contribution in [2.45, 2.75) is 40.2 Å². The van der Waals surface area contributed by atoms with Gasteiger partial charge in [0.15, 0.2) is 0 Å². The molecule has 2 amide bonds. The number of benzene rings is 2. The molecule has 0 saturated carbocycles. The molecule has 34 heavy (non-hydrogen) atoms. The van der Waals surface area contributed by atoms with Crippen LogP contribution < -0.4 is 15.5 Å². The van der Waals surface area contributed by atoms with Gasteiger partial charge in [0.25, 0.3) is 0 Å². The molecule has 0 spiro atoms. The zero-order chi connectivity index (χ0) is 24.1. The number of amides is 2. The smallest absolute Gasteiger partial charge is 0.323 e. The number of aromatic nitrogens is 1. The number of carbonyl (C=O) groups excluding carboxylic acids is 1. The van der Waals surface area contributed by atoms with E-state index >= 15 is 0 Å². The van der Waals surface area contributed by atoms with E-state index in [4.69, 9.17) is 0 Å². The lowest BCUT2D eigenvalue weighted by Gasteiger charge is -2.35. The number of rotatable bonds is 6. The minimum atomic E-state index is -0.265. The van der Waals surface area contributed by atoms with Crippen LogP contribution in [0.3, 0.4) is 0 Å². The molecule has 0 atom stereocenters. The van der Waals surface area contributed by atoms with Crippen molar-refractivity contribution in [2.24, 2.45) is 0 Å². The Bertz CT molecular complexity index is 1100. The first-order valence-corrected chi connectivity index (χ1v) is 12.0. The van der Waals surface area contributed by atoms with E-state index in [1.54, 1.807) is 6.20 Å². The lowest BCUT2D eigenvalue weighted by molar-refractivity contribution is 0.249. The van der Waals surface area contributed by atoms with Crippen molar-refractivity contribution in [3.05, 3.63) is 83.0 Å². The second kappa shape index (κ2) is 10.7. The van der Waals surface area contributed by atoms with Gasteiger partial charge in [-0.2, -0.15) is 0 Å². The summed E-state index contributed by atoms with van der Waals surface area (Å²) >= 11 is 0. The monoisotopic (exact) mass is 457 g/mol. The average Bonchev–Trinajstić information content (AvgIpc) is 2.83. The van der Waals surface area contributed by atoms with Crippen LogP contribution in [0.4, 0.5) is 22.0 Å². The standard InChI is InChI=1S/C28H35N5O/c1-20(2)24-9-7-23(8-10-24)19-32-13-15-33(16-14-32)27-12-11-25(18-29-27)30-28(34)31-26-17-21(3)5-6-22(26)4/h5-12,17-18,20H,13-16,19H2,1-4H3,(H2,30,31,34). The first-order chi connectivity index (χ1) is 16.4. The van der Waals surface area contributed by atoms with Crippen molar-refractivity contribution in [1.29, 1.82) is 0 Å². The zero-order valence-corrected chi connectivity index (χ0v) is 20.6. The minimum Gasteiger partial charge on any atom is -0.354 e. The fourth-order valence-electron chi connectivity index (χ4n) is 4.20. The number of nitrogens with zero attached hydrogens (tertiary/aromatic N) is 3. The number of hydrogen-bond acceptors (Lipinski definition) is 4. The van der Waals surface area contributed by atoms with Gasteiger partial charge >= 0.3 is 6.03 Å². The molecule has 1 aromatic heterocycles. The molecule has 6 nitrogen and oxygen atoms in total. The number of carbonyl (C=O) groups is 1. The molecule has 1 aliphatic rings. The summed E-state index contributed by atoms with van der Waals surface area (Å²) < 4.78 is 0. The summed E-state index contributed by atoms with van der Waals surface area (Å²) in [6, 6.07) is 18.6. The third-order valence-electron chi connectivity index (χ3n) is 6.40. The van der Waals surface area contributed by atoms with Crippen molar-refractivity contribution in [1.82, 2.24) is 9.88 Å². The van der Waals surface area contributed by atoms with Crippen molar-refractivity contribution in [3.63, 3.8) is 0 Å². The second-order valence-electron chi connectivity index (χ2n) is 9.46. The van der Waals surface area contributed by atoms with Crippen LogP contribution in [-0.4, -0.2) is 42.1 Å². The Labute approximate surface area is 203 Å². The van der Waals surface area contributed by atoms with Crippen molar-refractivity contribution >= 4 is 23.2 Å². The van der Waals surface area contributed by atoms with Crippen molar-refractivity contribution in [3.8, 4) is 0 Å². The number of aryl methyl sites for hydroxylation is 2. The lowest BCUT2D eigenvalue weighted by atomic mass is 10.0. The molecule has 3 aromatic rings. The summed E-state index contributed by atoms with van der Waals surface area (Å²) in [6.45, 7) is 13.3. The molecule has 1 fully saturated rings. The van der Waals surface area contributed by atoms with Gasteiger partial charge in [-0.25, -0.2) is 9.78 Å². The maximum absolute atomic E-state index is 12.4. The SMILES string of the molecule is Cc1ccc(C)c(NC(=O)Nc2ccc(N3CCN(Cc4ccc(C(C)C)cc4)CC3)nc2)c1. The summed E-state index contributed by atoms with van der Waals surface area (Å²) in [6.07, 6.45) is 1.72. The fraction of sp³-hybridized carbons (Fsp3) is 0.357. The molecule has 0 bridgehead atoms. The Morgan fingerprint density at radius 3 is 2.32 bits per heavy atom. The summed E-state index contributed by atoms with van der Waals surface area (Å²) in [5.74, 6) is 1.51. The molecule has 2 aromatic carbocycles. The van der Waals surface area contributed by atoms with Gasteiger partial charge in [-0.3, -0.25) is 4.90 Å². The van der Waals surface area contributed by atoms with Gasteiger partial charge < -0.3 is 15.5 Å². The normalized spacial score (nSPS) is 14.3. The average molecular weight is 458 g/mol. The van der Waals surface area contributed by atoms with Crippen molar-refractivity contribution in [2.75, 3.05) is 41.7 Å². The molecular weight excluding hydrogens is 422 g/mol. The third-order valence-corrected chi connectivity index (χ3v) is 6.40. The molecule has 0 aliphatic carbocycles. The van der Waals surface area contributed by atoms with E-state index in [2.05, 4.69) is 63.5 Å². The van der Waals surface area contributed by atoms with Crippen LogP contribution in [0.15, 0.2) is 60.8 Å². The molecular formula is C28H35N5O. The maximum Gasteiger partial charge on any atom is 0.323 e. The predicted octanol–water partition coefficient (Wildman–Crippen LogP) is 5.79. The van der Waals surface area contributed by atoms with E-state index in [0.717, 1.165) is 55.4 Å². The largest absolute Gasteiger partial charge is 0.354 e. The Balaban J connectivity index is 1.26. The van der Waals surface area contributed by atoms with Gasteiger partial charge in [-0.1, -0.05) is 50.2 Å². The van der Waals surface area contributed by atoms with Crippen LogP contribution in [-0.2, 0) is 6.54 Å². The van der Waals surface area contributed by atoms with Crippen LogP contribution in [0.2, 0.25) is 0 Å². The topological polar surface area (TPSA) is 60.5 Å². The van der Waals surface area contributed by atoms with Gasteiger partial charge in [-0.15, -0.1) is 0 Å². The zero-order valence-electron chi connectivity index (χ0n) is 20.6. The number of hydrogen-bond donors (Lipinski definition) is 2. The highest BCUT2D eigenvalue weighted by molar-refractivity contribution is 6.00. The molecule has 178 valence electrons. The third kappa shape index (κ3) is 6.14. The Hall–Kier alpha value is -3.38. The van der Waals surface area contributed by atoms with E-state index in [1.807, 2.05) is 44.2 Å². The van der Waals surface area contributed by atoms with Gasteiger partial charge in [-0.05, 0) is 60.2 Å². The highest BCUT2D eigenvalue weighted by Gasteiger charge is 2.18. The maximum atomic E-state index is 12.4. The highest BCUT2D eigenvalue weighted by atomic mass is 16.2. The van der Waals surface area contributed by atoms with Crippen LogP contribution >= 0.6 is 0 Å². The quantitative estimate of drug-likeness (QED) is 0.492. The van der Waals surface area contributed by atoms with Gasteiger partial charge in [0.05, 0.1) is 11.9 Å².